The van der Waals surface area contributed by atoms with Gasteiger partial charge in [0.2, 0.25) is 0 Å². The van der Waals surface area contributed by atoms with Gasteiger partial charge >= 0.3 is 5.97 Å². The number of benzene rings is 2. The molecule has 0 fully saturated rings. The highest BCUT2D eigenvalue weighted by atomic mass is 35.5. The van der Waals surface area contributed by atoms with E-state index >= 15 is 0 Å². The molecular weight excluding hydrogens is 503 g/mol. The first kappa shape index (κ1) is 24.9. The highest BCUT2D eigenvalue weighted by Crippen LogP contribution is 2.36. The lowest BCUT2D eigenvalue weighted by molar-refractivity contribution is -0.112. The smallest absolute Gasteiger partial charge is 0.341 e. The number of halogens is 2. The van der Waals surface area contributed by atoms with E-state index in [2.05, 4.69) is 5.32 Å². The van der Waals surface area contributed by atoms with Gasteiger partial charge in [-0.2, -0.15) is 5.26 Å². The van der Waals surface area contributed by atoms with Crippen LogP contribution in [0.4, 0.5) is 9.39 Å². The predicted octanol–water partition coefficient (Wildman–Crippen LogP) is 7.19. The van der Waals surface area contributed by atoms with Crippen LogP contribution in [0.2, 0.25) is 5.02 Å². The minimum atomic E-state index is -0.726. The average molecular weight is 521 g/mol. The molecule has 0 saturated carbocycles. The summed E-state index contributed by atoms with van der Waals surface area (Å²) < 4.78 is 24.3. The minimum Gasteiger partial charge on any atom is -0.462 e. The molecule has 180 valence electrons. The maximum absolute atomic E-state index is 13.4. The normalized spacial score (nSPS) is 11.1. The first-order valence-electron chi connectivity index (χ1n) is 10.7. The summed E-state index contributed by atoms with van der Waals surface area (Å²) >= 11 is 7.13. The molecule has 1 amide bonds. The third kappa shape index (κ3) is 5.54. The standard InChI is InChI=1S/C27H18ClFN2O4S/c1-2-34-27(33)24-22(16-6-8-20(29)9-7-16)15-36-26(24)31-25(32)18(14-30)13-21-10-11-23(35-21)17-4-3-5-19(28)12-17/h3-13,15H,2H2,1H3,(H,31,32)/b18-13+. The molecule has 6 nitrogen and oxygen atoms in total. The number of nitrogens with zero attached hydrogens (tertiary/aromatic N) is 1. The Morgan fingerprint density at radius 3 is 2.64 bits per heavy atom. The number of nitrogens with one attached hydrogen (secondary N) is 1. The Labute approximate surface area is 215 Å². The number of hydrogen-bond acceptors (Lipinski definition) is 6. The Hall–Kier alpha value is -4.19. The maximum atomic E-state index is 13.4. The molecule has 0 spiro atoms. The first-order chi connectivity index (χ1) is 17.4. The van der Waals surface area contributed by atoms with E-state index in [-0.39, 0.29) is 22.7 Å². The quantitative estimate of drug-likeness (QED) is 0.158. The molecule has 0 bridgehead atoms. The molecule has 2 aromatic carbocycles. The van der Waals surface area contributed by atoms with Crippen LogP contribution in [0.25, 0.3) is 28.5 Å². The predicted molar refractivity (Wildman–Crippen MR) is 137 cm³/mol. The van der Waals surface area contributed by atoms with E-state index in [1.54, 1.807) is 42.6 Å². The number of ether oxygens (including phenoxy) is 1. The van der Waals surface area contributed by atoms with Crippen molar-refractivity contribution in [3.63, 3.8) is 0 Å². The van der Waals surface area contributed by atoms with Gasteiger partial charge in [0.1, 0.15) is 39.5 Å². The molecule has 0 atom stereocenters. The van der Waals surface area contributed by atoms with Crippen molar-refractivity contribution < 1.29 is 23.1 Å². The Balaban J connectivity index is 1.62. The number of esters is 1. The number of carbonyl (C=O) groups is 2. The highest BCUT2D eigenvalue weighted by molar-refractivity contribution is 7.15. The molecule has 0 aliphatic heterocycles. The molecule has 0 aliphatic carbocycles. The van der Waals surface area contributed by atoms with Gasteiger partial charge in [-0.3, -0.25) is 4.79 Å². The molecule has 4 aromatic rings. The average Bonchev–Trinajstić information content (AvgIpc) is 3.50. The zero-order valence-electron chi connectivity index (χ0n) is 18.9. The van der Waals surface area contributed by atoms with E-state index in [4.69, 9.17) is 20.8 Å². The molecule has 0 unspecified atom stereocenters. The van der Waals surface area contributed by atoms with Crippen LogP contribution in [-0.2, 0) is 9.53 Å². The molecule has 0 radical (unpaired) electrons. The lowest BCUT2D eigenvalue weighted by Gasteiger charge is -2.08. The van der Waals surface area contributed by atoms with Crippen LogP contribution in [0.15, 0.2) is 76.0 Å². The summed E-state index contributed by atoms with van der Waals surface area (Å²) in [6.07, 6.45) is 1.31. The molecule has 9 heteroatoms. The molecule has 2 heterocycles. The number of amides is 1. The van der Waals surface area contributed by atoms with E-state index in [0.29, 0.717) is 27.7 Å². The van der Waals surface area contributed by atoms with Gasteiger partial charge in [-0.25, -0.2) is 9.18 Å². The fraction of sp³-hybridized carbons (Fsp3) is 0.0741. The molecule has 1 N–H and O–H groups in total. The summed E-state index contributed by atoms with van der Waals surface area (Å²) in [4.78, 5) is 25.7. The second-order valence-electron chi connectivity index (χ2n) is 7.42. The zero-order chi connectivity index (χ0) is 25.7. The molecule has 0 saturated heterocycles. The number of thiophene rings is 1. The highest BCUT2D eigenvalue weighted by Gasteiger charge is 2.24. The van der Waals surface area contributed by atoms with Crippen LogP contribution < -0.4 is 5.32 Å². The third-order valence-electron chi connectivity index (χ3n) is 5.04. The first-order valence-corrected chi connectivity index (χ1v) is 12.0. The Morgan fingerprint density at radius 1 is 1.17 bits per heavy atom. The van der Waals surface area contributed by atoms with Crippen LogP contribution in [0.5, 0.6) is 0 Å². The Morgan fingerprint density at radius 2 is 1.94 bits per heavy atom. The fourth-order valence-electron chi connectivity index (χ4n) is 3.39. The van der Waals surface area contributed by atoms with Crippen molar-refractivity contribution in [2.75, 3.05) is 11.9 Å². The summed E-state index contributed by atoms with van der Waals surface area (Å²) in [6.45, 7) is 1.79. The van der Waals surface area contributed by atoms with E-state index in [0.717, 1.165) is 16.9 Å². The van der Waals surface area contributed by atoms with Crippen LogP contribution in [0, 0.1) is 17.1 Å². The summed E-state index contributed by atoms with van der Waals surface area (Å²) in [7, 11) is 0. The Bertz CT molecular complexity index is 1500. The lowest BCUT2D eigenvalue weighted by Crippen LogP contribution is -2.16. The third-order valence-corrected chi connectivity index (χ3v) is 6.17. The monoisotopic (exact) mass is 520 g/mol. The van der Waals surface area contributed by atoms with E-state index in [9.17, 15) is 19.2 Å². The fourth-order valence-corrected chi connectivity index (χ4v) is 4.53. The van der Waals surface area contributed by atoms with Gasteiger partial charge in [-0.15, -0.1) is 11.3 Å². The summed E-state index contributed by atoms with van der Waals surface area (Å²) in [6, 6.07) is 17.9. The van der Waals surface area contributed by atoms with Gasteiger partial charge in [0.05, 0.1) is 6.61 Å². The van der Waals surface area contributed by atoms with Gasteiger partial charge in [-0.05, 0) is 48.9 Å². The molecule has 0 aliphatic rings. The number of carbonyl (C=O) groups excluding carboxylic acids is 2. The van der Waals surface area contributed by atoms with Crippen molar-refractivity contribution in [1.82, 2.24) is 0 Å². The summed E-state index contributed by atoms with van der Waals surface area (Å²) in [5.41, 5.74) is 1.70. The van der Waals surface area contributed by atoms with Crippen LogP contribution in [0.3, 0.4) is 0 Å². The number of nitriles is 1. The van der Waals surface area contributed by atoms with Crippen molar-refractivity contribution in [2.45, 2.75) is 6.92 Å². The lowest BCUT2D eigenvalue weighted by atomic mass is 10.0. The number of furan rings is 1. The summed E-state index contributed by atoms with van der Waals surface area (Å²) in [5, 5.41) is 14.6. The maximum Gasteiger partial charge on any atom is 0.341 e. The van der Waals surface area contributed by atoms with Gasteiger partial charge in [0.15, 0.2) is 0 Å². The molecule has 2 aromatic heterocycles. The van der Waals surface area contributed by atoms with E-state index in [1.807, 2.05) is 12.1 Å². The van der Waals surface area contributed by atoms with Crippen LogP contribution in [0.1, 0.15) is 23.0 Å². The molecule has 4 rings (SSSR count). The number of anilines is 1. The minimum absolute atomic E-state index is 0.125. The van der Waals surface area contributed by atoms with Crippen LogP contribution in [-0.4, -0.2) is 18.5 Å². The topological polar surface area (TPSA) is 92.3 Å². The largest absolute Gasteiger partial charge is 0.462 e. The SMILES string of the molecule is CCOC(=O)c1c(-c2ccc(F)cc2)csc1NC(=O)/C(C#N)=C/c1ccc(-c2cccc(Cl)c2)o1. The van der Waals surface area contributed by atoms with Crippen LogP contribution >= 0.6 is 22.9 Å². The second-order valence-corrected chi connectivity index (χ2v) is 8.73. The van der Waals surface area contributed by atoms with E-state index in [1.165, 1.54) is 30.3 Å². The van der Waals surface area contributed by atoms with Crippen molar-refractivity contribution >= 4 is 45.9 Å². The molecular formula is C27H18ClFN2O4S. The zero-order valence-corrected chi connectivity index (χ0v) is 20.5. The van der Waals surface area contributed by atoms with Crippen molar-refractivity contribution in [3.05, 3.63) is 93.8 Å². The molecule has 36 heavy (non-hydrogen) atoms. The van der Waals surface area contributed by atoms with Gasteiger partial charge < -0.3 is 14.5 Å². The second kappa shape index (κ2) is 11.0. The number of rotatable bonds is 7. The van der Waals surface area contributed by atoms with Crippen molar-refractivity contribution in [1.29, 1.82) is 5.26 Å². The van der Waals surface area contributed by atoms with Gasteiger partial charge in [-0.1, -0.05) is 35.9 Å². The summed E-state index contributed by atoms with van der Waals surface area (Å²) in [5.74, 6) is -0.974. The van der Waals surface area contributed by atoms with Crippen molar-refractivity contribution in [2.24, 2.45) is 0 Å². The Kier molecular flexibility index (Phi) is 7.64. The van der Waals surface area contributed by atoms with Gasteiger partial charge in [0, 0.05) is 27.6 Å². The van der Waals surface area contributed by atoms with Gasteiger partial charge in [0.25, 0.3) is 5.91 Å². The van der Waals surface area contributed by atoms with Crippen molar-refractivity contribution in [3.8, 4) is 28.5 Å². The number of hydrogen-bond donors (Lipinski definition) is 1. The van der Waals surface area contributed by atoms with E-state index < -0.39 is 17.7 Å².